The molecule has 0 bridgehead atoms. The molecule has 174 valence electrons. The highest BCUT2D eigenvalue weighted by Crippen LogP contribution is 2.28. The van der Waals surface area contributed by atoms with Gasteiger partial charge >= 0.3 is 11.7 Å². The molecule has 1 aromatic heterocycles. The molecule has 0 aliphatic heterocycles. The number of rotatable bonds is 15. The summed E-state index contributed by atoms with van der Waals surface area (Å²) in [6.45, 7) is 4.21. The van der Waals surface area contributed by atoms with Crippen molar-refractivity contribution in [1.29, 1.82) is 0 Å². The van der Waals surface area contributed by atoms with E-state index in [1.54, 1.807) is 17.8 Å². The maximum atomic E-state index is 12.2. The number of nitrogens with one attached hydrogen (secondary N) is 2. The number of ether oxygens (including phenoxy) is 1. The number of unbranched alkanes of at least 4 members (excludes halogenated alkanes) is 2. The molecule has 0 aliphatic carbocycles. The number of hydrogen-bond acceptors (Lipinski definition) is 10. The van der Waals surface area contributed by atoms with Gasteiger partial charge in [0.1, 0.15) is 12.6 Å². The number of nitro benzene ring substituents is 1. The highest BCUT2D eigenvalue weighted by atomic mass is 32.2. The molecule has 0 radical (unpaired) electrons. The van der Waals surface area contributed by atoms with Gasteiger partial charge in [-0.2, -0.15) is 11.8 Å². The first-order valence-electron chi connectivity index (χ1n) is 10.2. The zero-order valence-electron chi connectivity index (χ0n) is 17.9. The van der Waals surface area contributed by atoms with Gasteiger partial charge < -0.3 is 15.4 Å². The molecule has 0 spiro atoms. The monoisotopic (exact) mass is 465 g/mol. The summed E-state index contributed by atoms with van der Waals surface area (Å²) in [5, 5.41) is 24.3. The van der Waals surface area contributed by atoms with Crippen LogP contribution in [0.3, 0.4) is 0 Å². The Bertz CT molecular complexity index is 934. The molecule has 12 heteroatoms. The largest absolute Gasteiger partial charge is 0.460 e. The van der Waals surface area contributed by atoms with E-state index in [-0.39, 0.29) is 23.7 Å². The van der Waals surface area contributed by atoms with Crippen LogP contribution >= 0.6 is 11.8 Å². The molecule has 1 heterocycles. The van der Waals surface area contributed by atoms with Crippen molar-refractivity contribution in [2.24, 2.45) is 0 Å². The zero-order valence-corrected chi connectivity index (χ0v) is 18.7. The number of fused-ring (bicyclic) bond motifs is 1. The maximum Gasteiger partial charge on any atom is 0.328 e. The summed E-state index contributed by atoms with van der Waals surface area (Å²) in [5.74, 6) is 0.0927. The molecular formula is C20H27N5O6S. The minimum absolute atomic E-state index is 0.0966. The zero-order chi connectivity index (χ0) is 23.3. The summed E-state index contributed by atoms with van der Waals surface area (Å²) in [6, 6.07) is 2.27. The van der Waals surface area contributed by atoms with Crippen molar-refractivity contribution in [3.63, 3.8) is 0 Å². The number of anilines is 1. The molecule has 0 fully saturated rings. The van der Waals surface area contributed by atoms with Gasteiger partial charge in [-0.25, -0.2) is 9.42 Å². The van der Waals surface area contributed by atoms with Crippen molar-refractivity contribution in [3.05, 3.63) is 34.9 Å². The number of nitro groups is 1. The molecular weight excluding hydrogens is 438 g/mol. The fourth-order valence-electron chi connectivity index (χ4n) is 2.95. The van der Waals surface area contributed by atoms with Gasteiger partial charge in [-0.1, -0.05) is 19.1 Å². The van der Waals surface area contributed by atoms with E-state index >= 15 is 0 Å². The second-order valence-electron chi connectivity index (χ2n) is 6.91. The van der Waals surface area contributed by atoms with Crippen LogP contribution in [0, 0.1) is 10.1 Å². The molecule has 0 saturated carbocycles. The van der Waals surface area contributed by atoms with Crippen molar-refractivity contribution < 1.29 is 23.9 Å². The summed E-state index contributed by atoms with van der Waals surface area (Å²) in [5.41, 5.74) is 0.832. The Balaban J connectivity index is 1.72. The third kappa shape index (κ3) is 7.52. The maximum absolute atomic E-state index is 12.2. The summed E-state index contributed by atoms with van der Waals surface area (Å²) in [4.78, 5) is 34.8. The Morgan fingerprint density at radius 3 is 2.81 bits per heavy atom. The molecule has 1 atom stereocenters. The predicted octanol–water partition coefficient (Wildman–Crippen LogP) is 3.07. The minimum atomic E-state index is -0.655. The quantitative estimate of drug-likeness (QED) is 0.132. The average Bonchev–Trinajstić information content (AvgIpc) is 3.27. The third-order valence-corrected chi connectivity index (χ3v) is 5.20. The number of carbonyl (C=O) groups excluding carboxylic acids is 2. The summed E-state index contributed by atoms with van der Waals surface area (Å²) in [6.07, 6.45) is 6.44. The van der Waals surface area contributed by atoms with Crippen molar-refractivity contribution in [2.45, 2.75) is 38.1 Å². The average molecular weight is 466 g/mol. The Morgan fingerprint density at radius 2 is 2.09 bits per heavy atom. The van der Waals surface area contributed by atoms with Crippen LogP contribution in [0.2, 0.25) is 0 Å². The number of amides is 1. The molecule has 11 nitrogen and oxygen atoms in total. The summed E-state index contributed by atoms with van der Waals surface area (Å²) in [7, 11) is 0. The molecule has 1 amide bonds. The lowest BCUT2D eigenvalue weighted by Crippen LogP contribution is -2.42. The molecule has 2 rings (SSSR count). The number of non-ortho nitro benzene ring substituents is 1. The number of thioether (sulfide) groups is 1. The second kappa shape index (κ2) is 13.3. The van der Waals surface area contributed by atoms with Gasteiger partial charge in [-0.05, 0) is 47.7 Å². The van der Waals surface area contributed by atoms with E-state index in [1.165, 1.54) is 12.1 Å². The van der Waals surface area contributed by atoms with Crippen LogP contribution in [0.15, 0.2) is 29.4 Å². The van der Waals surface area contributed by atoms with E-state index < -0.39 is 16.9 Å². The second-order valence-corrected chi connectivity index (χ2v) is 7.89. The van der Waals surface area contributed by atoms with Gasteiger partial charge in [0, 0.05) is 19.0 Å². The normalized spacial score (nSPS) is 11.7. The van der Waals surface area contributed by atoms with Crippen molar-refractivity contribution >= 4 is 46.0 Å². The number of benzene rings is 1. The van der Waals surface area contributed by atoms with Gasteiger partial charge in [0.25, 0.3) is 0 Å². The molecule has 0 saturated heterocycles. The van der Waals surface area contributed by atoms with E-state index in [1.807, 2.05) is 6.26 Å². The van der Waals surface area contributed by atoms with Crippen LogP contribution in [0.1, 0.15) is 32.1 Å². The van der Waals surface area contributed by atoms with Gasteiger partial charge in [0.15, 0.2) is 5.52 Å². The van der Waals surface area contributed by atoms with E-state index in [0.29, 0.717) is 37.0 Å². The highest BCUT2D eigenvalue weighted by Gasteiger charge is 2.21. The molecule has 2 N–H and O–H groups in total. The van der Waals surface area contributed by atoms with Crippen LogP contribution in [-0.2, 0) is 14.3 Å². The van der Waals surface area contributed by atoms with Crippen LogP contribution in [0.25, 0.3) is 11.0 Å². The number of hydrogen-bond donors (Lipinski definition) is 2. The van der Waals surface area contributed by atoms with E-state index in [9.17, 15) is 19.7 Å². The molecule has 1 aromatic carbocycles. The minimum Gasteiger partial charge on any atom is -0.460 e. The fraction of sp³-hybridized carbons (Fsp3) is 0.500. The standard InChI is InChI=1S/C20H27N5O6S/c1-3-12-30-20(27)15(10-13-32-2)22-17(26)7-5-4-6-11-21-14-8-9-16(25(28)29)19-18(14)23-31-24-19/h3,8-9,15,21H,1,4-7,10-13H2,2H3,(H,22,26)/t15-/m0/s1. The number of aromatic nitrogens is 2. The van der Waals surface area contributed by atoms with E-state index in [4.69, 9.17) is 4.74 Å². The van der Waals surface area contributed by atoms with E-state index in [2.05, 4.69) is 32.2 Å². The topological polar surface area (TPSA) is 149 Å². The highest BCUT2D eigenvalue weighted by molar-refractivity contribution is 7.98. The number of esters is 1. The summed E-state index contributed by atoms with van der Waals surface area (Å²) >= 11 is 1.59. The number of nitrogens with zero attached hydrogens (tertiary/aromatic N) is 3. The van der Waals surface area contributed by atoms with E-state index in [0.717, 1.165) is 18.6 Å². The lowest BCUT2D eigenvalue weighted by atomic mass is 10.1. The Morgan fingerprint density at radius 1 is 1.31 bits per heavy atom. The van der Waals surface area contributed by atoms with Crippen LogP contribution in [-0.4, -0.2) is 58.3 Å². The van der Waals surface area contributed by atoms with Crippen LogP contribution < -0.4 is 10.6 Å². The molecule has 2 aromatic rings. The molecule has 0 aliphatic rings. The summed E-state index contributed by atoms with van der Waals surface area (Å²) < 4.78 is 9.69. The first-order chi connectivity index (χ1) is 15.5. The lowest BCUT2D eigenvalue weighted by molar-refractivity contribution is -0.383. The van der Waals surface area contributed by atoms with Crippen LogP contribution in [0.5, 0.6) is 0 Å². The molecule has 0 unspecified atom stereocenters. The van der Waals surface area contributed by atoms with Gasteiger partial charge in [-0.15, -0.1) is 0 Å². The first-order valence-corrected chi connectivity index (χ1v) is 11.6. The van der Waals surface area contributed by atoms with Gasteiger partial charge in [0.2, 0.25) is 11.4 Å². The first kappa shape index (κ1) is 25.1. The smallest absolute Gasteiger partial charge is 0.328 e. The predicted molar refractivity (Wildman–Crippen MR) is 122 cm³/mol. The van der Waals surface area contributed by atoms with Crippen molar-refractivity contribution in [1.82, 2.24) is 15.6 Å². The lowest BCUT2D eigenvalue weighted by Gasteiger charge is -2.17. The van der Waals surface area contributed by atoms with Gasteiger partial charge in [-0.3, -0.25) is 14.9 Å². The molecule has 32 heavy (non-hydrogen) atoms. The van der Waals surface area contributed by atoms with Gasteiger partial charge in [0.05, 0.1) is 10.6 Å². The Hall–Kier alpha value is -3.15. The van der Waals surface area contributed by atoms with Crippen molar-refractivity contribution in [2.75, 3.05) is 30.5 Å². The Kier molecular flexibility index (Phi) is 10.4. The van der Waals surface area contributed by atoms with Crippen LogP contribution in [0.4, 0.5) is 11.4 Å². The SMILES string of the molecule is C=CCOC(=O)[C@H](CCSC)NC(=O)CCCCCNc1ccc([N+](=O)[O-])c2nonc12. The van der Waals surface area contributed by atoms with Crippen molar-refractivity contribution in [3.8, 4) is 0 Å². The Labute approximate surface area is 189 Å². The fourth-order valence-corrected chi connectivity index (χ4v) is 3.42. The third-order valence-electron chi connectivity index (χ3n) is 4.56. The number of carbonyl (C=O) groups is 2.